The van der Waals surface area contributed by atoms with E-state index in [-0.39, 0.29) is 0 Å². The summed E-state index contributed by atoms with van der Waals surface area (Å²) >= 11 is 0. The highest BCUT2D eigenvalue weighted by molar-refractivity contribution is 5.55. The van der Waals surface area contributed by atoms with Gasteiger partial charge in [-0.05, 0) is 12.1 Å². The molecule has 3 N–H and O–H groups in total. The van der Waals surface area contributed by atoms with E-state index in [1.54, 1.807) is 25.6 Å². The molecule has 0 radical (unpaired) electrons. The quantitative estimate of drug-likeness (QED) is 0.602. The van der Waals surface area contributed by atoms with Crippen molar-refractivity contribution in [1.29, 1.82) is 0 Å². The van der Waals surface area contributed by atoms with E-state index >= 15 is 0 Å². The van der Waals surface area contributed by atoms with Crippen LogP contribution in [0.4, 0.5) is 5.82 Å². The number of methoxy groups -OCH3 is 1. The summed E-state index contributed by atoms with van der Waals surface area (Å²) < 4.78 is 5.04. The van der Waals surface area contributed by atoms with Gasteiger partial charge in [-0.2, -0.15) is 0 Å². The number of nitrogens with zero attached hydrogens (tertiary/aromatic N) is 3. The highest BCUT2D eigenvalue weighted by Crippen LogP contribution is 2.16. The van der Waals surface area contributed by atoms with Crippen LogP contribution in [0, 0.1) is 0 Å². The number of aromatic nitrogens is 3. The topological polar surface area (TPSA) is 86.0 Å². The molecule has 0 saturated heterocycles. The van der Waals surface area contributed by atoms with Gasteiger partial charge in [-0.1, -0.05) is 0 Å². The minimum absolute atomic E-state index is 0.407. The zero-order valence-corrected chi connectivity index (χ0v) is 9.42. The largest absolute Gasteiger partial charge is 0.378 e. The lowest BCUT2D eigenvalue weighted by atomic mass is 10.2. The van der Waals surface area contributed by atoms with E-state index in [0.717, 1.165) is 11.3 Å². The molecule has 0 spiro atoms. The number of hydrogen-bond donors (Lipinski definition) is 2. The van der Waals surface area contributed by atoms with Gasteiger partial charge in [0.2, 0.25) is 0 Å². The van der Waals surface area contributed by atoms with E-state index in [1.807, 2.05) is 12.1 Å². The summed E-state index contributed by atoms with van der Waals surface area (Å²) in [7, 11) is 1.61. The van der Waals surface area contributed by atoms with Crippen LogP contribution in [-0.2, 0) is 11.3 Å². The molecule has 2 rings (SSSR count). The van der Waals surface area contributed by atoms with Gasteiger partial charge >= 0.3 is 0 Å². The average Bonchev–Trinajstić information content (AvgIpc) is 2.40. The Balaban J connectivity index is 2.43. The summed E-state index contributed by atoms with van der Waals surface area (Å²) in [6, 6.07) is 5.46. The molecule has 88 valence electrons. The molecule has 0 aliphatic carbocycles. The lowest BCUT2D eigenvalue weighted by molar-refractivity contribution is 0.181. The Kier molecular flexibility index (Phi) is 3.59. The molecule has 0 aromatic carbocycles. The normalized spacial score (nSPS) is 10.2. The monoisotopic (exact) mass is 231 g/mol. The number of nitrogens with two attached hydrogens (primary N) is 1. The van der Waals surface area contributed by atoms with Gasteiger partial charge in [0.05, 0.1) is 12.3 Å². The fraction of sp³-hybridized carbons (Fsp3) is 0.182. The van der Waals surface area contributed by atoms with Crippen molar-refractivity contribution in [3.8, 4) is 11.4 Å². The molecule has 0 atom stereocenters. The molecule has 0 amide bonds. The zero-order valence-electron chi connectivity index (χ0n) is 9.42. The Hall–Kier alpha value is -2.05. The summed E-state index contributed by atoms with van der Waals surface area (Å²) in [4.78, 5) is 12.7. The second-order valence-corrected chi connectivity index (χ2v) is 3.39. The second-order valence-electron chi connectivity index (χ2n) is 3.39. The summed E-state index contributed by atoms with van der Waals surface area (Å²) in [5.41, 5.74) is 4.10. The second kappa shape index (κ2) is 5.33. The SMILES string of the molecule is COCc1cc(NN)nc(-c2cccnc2)n1. The van der Waals surface area contributed by atoms with Crippen LogP contribution in [0.15, 0.2) is 30.6 Å². The number of anilines is 1. The standard InChI is InChI=1S/C11H13N5O/c1-17-7-9-5-10(16-12)15-11(14-9)8-3-2-4-13-6-8/h2-6H,7,12H2,1H3,(H,14,15,16). The van der Waals surface area contributed by atoms with E-state index in [0.29, 0.717) is 18.2 Å². The highest BCUT2D eigenvalue weighted by atomic mass is 16.5. The number of hydrazine groups is 1. The molecule has 0 saturated carbocycles. The lowest BCUT2D eigenvalue weighted by Crippen LogP contribution is -2.10. The van der Waals surface area contributed by atoms with Crippen LogP contribution in [0.3, 0.4) is 0 Å². The summed E-state index contributed by atoms with van der Waals surface area (Å²) in [6.45, 7) is 0.407. The fourth-order valence-corrected chi connectivity index (χ4v) is 1.42. The van der Waals surface area contributed by atoms with Gasteiger partial charge in [0.1, 0.15) is 5.82 Å². The fourth-order valence-electron chi connectivity index (χ4n) is 1.42. The lowest BCUT2D eigenvalue weighted by Gasteiger charge is -2.06. The van der Waals surface area contributed by atoms with E-state index in [4.69, 9.17) is 10.6 Å². The van der Waals surface area contributed by atoms with Crippen LogP contribution in [0.25, 0.3) is 11.4 Å². The van der Waals surface area contributed by atoms with Gasteiger partial charge in [-0.15, -0.1) is 0 Å². The van der Waals surface area contributed by atoms with Crippen molar-refractivity contribution in [2.24, 2.45) is 5.84 Å². The third-order valence-electron chi connectivity index (χ3n) is 2.14. The molecule has 0 unspecified atom stereocenters. The Labute approximate surface area is 98.9 Å². The number of nitrogens with one attached hydrogen (secondary N) is 1. The Morgan fingerprint density at radius 2 is 2.29 bits per heavy atom. The zero-order chi connectivity index (χ0) is 12.1. The number of ether oxygens (including phenoxy) is 1. The Morgan fingerprint density at radius 3 is 2.94 bits per heavy atom. The van der Waals surface area contributed by atoms with Crippen molar-refractivity contribution in [3.63, 3.8) is 0 Å². The Morgan fingerprint density at radius 1 is 1.41 bits per heavy atom. The first-order valence-corrected chi connectivity index (χ1v) is 5.07. The van der Waals surface area contributed by atoms with Crippen molar-refractivity contribution in [2.45, 2.75) is 6.61 Å². The molecule has 2 aromatic rings. The van der Waals surface area contributed by atoms with E-state index in [2.05, 4.69) is 20.4 Å². The average molecular weight is 231 g/mol. The molecular weight excluding hydrogens is 218 g/mol. The van der Waals surface area contributed by atoms with Gasteiger partial charge in [-0.3, -0.25) is 4.98 Å². The van der Waals surface area contributed by atoms with Gasteiger partial charge in [0.25, 0.3) is 0 Å². The smallest absolute Gasteiger partial charge is 0.163 e. The van der Waals surface area contributed by atoms with Gasteiger partial charge in [0.15, 0.2) is 5.82 Å². The van der Waals surface area contributed by atoms with E-state index in [9.17, 15) is 0 Å². The number of nitrogen functional groups attached to an aromatic ring is 1. The van der Waals surface area contributed by atoms with Crippen molar-refractivity contribution in [1.82, 2.24) is 15.0 Å². The minimum Gasteiger partial charge on any atom is -0.378 e. The minimum atomic E-state index is 0.407. The van der Waals surface area contributed by atoms with Gasteiger partial charge < -0.3 is 10.2 Å². The van der Waals surface area contributed by atoms with E-state index in [1.165, 1.54) is 0 Å². The maximum absolute atomic E-state index is 5.37. The number of rotatable bonds is 4. The van der Waals surface area contributed by atoms with Crippen LogP contribution < -0.4 is 11.3 Å². The molecule has 17 heavy (non-hydrogen) atoms. The summed E-state index contributed by atoms with van der Waals surface area (Å²) in [5.74, 6) is 6.48. The van der Waals surface area contributed by atoms with Crippen LogP contribution >= 0.6 is 0 Å². The molecule has 2 heterocycles. The maximum Gasteiger partial charge on any atom is 0.163 e. The highest BCUT2D eigenvalue weighted by Gasteiger charge is 2.06. The molecular formula is C11H13N5O. The van der Waals surface area contributed by atoms with Crippen LogP contribution in [0.2, 0.25) is 0 Å². The third kappa shape index (κ3) is 2.74. The van der Waals surface area contributed by atoms with Gasteiger partial charge in [-0.25, -0.2) is 15.8 Å². The van der Waals surface area contributed by atoms with Crippen LogP contribution in [-0.4, -0.2) is 22.1 Å². The molecule has 0 bridgehead atoms. The molecule has 2 aromatic heterocycles. The molecule has 6 heteroatoms. The van der Waals surface area contributed by atoms with Crippen molar-refractivity contribution in [3.05, 3.63) is 36.3 Å². The van der Waals surface area contributed by atoms with Crippen molar-refractivity contribution in [2.75, 3.05) is 12.5 Å². The van der Waals surface area contributed by atoms with Crippen molar-refractivity contribution < 1.29 is 4.74 Å². The number of pyridine rings is 1. The van der Waals surface area contributed by atoms with Crippen LogP contribution in [0.1, 0.15) is 5.69 Å². The first-order chi connectivity index (χ1) is 8.33. The first kappa shape index (κ1) is 11.4. The van der Waals surface area contributed by atoms with Crippen molar-refractivity contribution >= 4 is 5.82 Å². The molecule has 6 nitrogen and oxygen atoms in total. The van der Waals surface area contributed by atoms with Gasteiger partial charge in [0, 0.05) is 31.1 Å². The third-order valence-corrected chi connectivity index (χ3v) is 2.14. The molecule has 0 fully saturated rings. The summed E-state index contributed by atoms with van der Waals surface area (Å²) in [6.07, 6.45) is 3.40. The predicted octanol–water partition coefficient (Wildman–Crippen LogP) is 0.971. The molecule has 0 aliphatic rings. The first-order valence-electron chi connectivity index (χ1n) is 5.07. The molecule has 0 aliphatic heterocycles. The maximum atomic E-state index is 5.37. The Bertz CT molecular complexity index is 488. The van der Waals surface area contributed by atoms with E-state index < -0.39 is 0 Å². The predicted molar refractivity (Wildman–Crippen MR) is 63.8 cm³/mol. The number of hydrogen-bond acceptors (Lipinski definition) is 6. The van der Waals surface area contributed by atoms with Crippen LogP contribution in [0.5, 0.6) is 0 Å². The summed E-state index contributed by atoms with van der Waals surface area (Å²) in [5, 5.41) is 0.